The van der Waals surface area contributed by atoms with Gasteiger partial charge in [0, 0.05) is 11.6 Å². The normalized spacial score (nSPS) is 26.4. The number of aromatic nitrogens is 4. The van der Waals surface area contributed by atoms with Gasteiger partial charge in [-0.25, -0.2) is 9.78 Å². The average Bonchev–Trinajstić information content (AvgIpc) is 3.34. The number of ether oxygens (including phenoxy) is 1. The smallest absolute Gasteiger partial charge is 0.335 e. The van der Waals surface area contributed by atoms with Gasteiger partial charge in [-0.1, -0.05) is 55.4 Å². The van der Waals surface area contributed by atoms with Crippen LogP contribution in [0.5, 0.6) is 0 Å². The van der Waals surface area contributed by atoms with Crippen LogP contribution >= 0.6 is 0 Å². The predicted octanol–water partition coefficient (Wildman–Crippen LogP) is 3.57. The number of nitrogens with one attached hydrogen (secondary N) is 1. The number of H-pyrrole nitrogens is 1. The Morgan fingerprint density at radius 2 is 1.74 bits per heavy atom. The molecule has 14 heteroatoms. The van der Waals surface area contributed by atoms with Crippen molar-refractivity contribution in [2.24, 2.45) is 0 Å². The van der Waals surface area contributed by atoms with Crippen molar-refractivity contribution in [1.82, 2.24) is 19.5 Å². The molecule has 3 atom stereocenters. The SMILES string of the molecule is CC(C)[Si]1(C(C)C)OC[C@H]2O[C@@H](n3cnc4c(=O)[nH]c(N)nc43)/C(=C/C(=O)O)[C@@H]2O[Si](C(C)C)(C(C)C)O1. The summed E-state index contributed by atoms with van der Waals surface area (Å²) in [6.45, 7) is 17.1. The van der Waals surface area contributed by atoms with E-state index in [2.05, 4.69) is 70.3 Å². The standard InChI is InChI=1S/C24H39N5O7Si2/c1-12(2)37(13(3)4)33-10-17-20(35-38(36-37,14(5)6)15(7)8)16(9-18(30)31)23(34-17)29-11-26-19-21(29)27-24(25)28-22(19)32/h9,11-15,17,20,23H,10H2,1-8H3,(H,30,31)(H3,25,27,28,32)/b16-9+/t17-,20+,23-/m1/s1. The summed E-state index contributed by atoms with van der Waals surface area (Å²) in [4.78, 5) is 35.3. The zero-order valence-corrected chi connectivity index (χ0v) is 25.2. The molecule has 38 heavy (non-hydrogen) atoms. The van der Waals surface area contributed by atoms with Gasteiger partial charge in [-0.3, -0.25) is 14.3 Å². The second-order valence-electron chi connectivity index (χ2n) is 11.3. The van der Waals surface area contributed by atoms with E-state index in [1.165, 1.54) is 10.9 Å². The van der Waals surface area contributed by atoms with Gasteiger partial charge in [-0.05, 0) is 22.2 Å². The molecule has 2 aromatic heterocycles. The number of rotatable bonds is 6. The number of aliphatic carboxylic acids is 1. The van der Waals surface area contributed by atoms with E-state index >= 15 is 0 Å². The summed E-state index contributed by atoms with van der Waals surface area (Å²) in [5.74, 6) is -1.23. The van der Waals surface area contributed by atoms with Crippen molar-refractivity contribution < 1.29 is 27.6 Å². The van der Waals surface area contributed by atoms with E-state index in [4.69, 9.17) is 23.4 Å². The minimum absolute atomic E-state index is 0.0495. The highest BCUT2D eigenvalue weighted by molar-refractivity contribution is 6.84. The van der Waals surface area contributed by atoms with Crippen LogP contribution in [0.25, 0.3) is 11.2 Å². The monoisotopic (exact) mass is 565 g/mol. The molecule has 0 aliphatic carbocycles. The summed E-state index contributed by atoms with van der Waals surface area (Å²) < 4.78 is 29.0. The molecule has 0 saturated carbocycles. The lowest BCUT2D eigenvalue weighted by atomic mass is 10.1. The van der Waals surface area contributed by atoms with Crippen molar-refractivity contribution in [1.29, 1.82) is 0 Å². The fourth-order valence-electron chi connectivity index (χ4n) is 5.70. The van der Waals surface area contributed by atoms with Gasteiger partial charge in [0.05, 0.1) is 12.9 Å². The fourth-order valence-corrected chi connectivity index (χ4v) is 16.9. The molecule has 0 radical (unpaired) electrons. The van der Waals surface area contributed by atoms with Crippen molar-refractivity contribution in [3.05, 3.63) is 28.3 Å². The lowest BCUT2D eigenvalue weighted by molar-refractivity contribution is -0.131. The minimum atomic E-state index is -3.04. The molecule has 4 N–H and O–H groups in total. The number of imidazole rings is 1. The van der Waals surface area contributed by atoms with Crippen LogP contribution in [0.15, 0.2) is 22.8 Å². The molecule has 2 fully saturated rings. The number of hydrogen-bond donors (Lipinski definition) is 3. The van der Waals surface area contributed by atoms with E-state index in [1.54, 1.807) is 0 Å². The lowest BCUT2D eigenvalue weighted by Crippen LogP contribution is -2.65. The third-order valence-electron chi connectivity index (χ3n) is 7.57. The van der Waals surface area contributed by atoms with E-state index in [9.17, 15) is 14.7 Å². The number of carboxylic acids is 1. The van der Waals surface area contributed by atoms with Crippen molar-refractivity contribution >= 4 is 40.2 Å². The van der Waals surface area contributed by atoms with Gasteiger partial charge in [-0.15, -0.1) is 0 Å². The van der Waals surface area contributed by atoms with Crippen LogP contribution in [-0.4, -0.2) is 66.5 Å². The number of anilines is 1. The van der Waals surface area contributed by atoms with E-state index < -0.39 is 47.1 Å². The summed E-state index contributed by atoms with van der Waals surface area (Å²) in [6, 6.07) is 0. The van der Waals surface area contributed by atoms with Crippen LogP contribution in [0.4, 0.5) is 5.95 Å². The highest BCUT2D eigenvalue weighted by Gasteiger charge is 2.61. The maximum Gasteiger partial charge on any atom is 0.335 e. The summed E-state index contributed by atoms with van der Waals surface area (Å²) in [5, 5.41) is 9.84. The van der Waals surface area contributed by atoms with Gasteiger partial charge in [-0.2, -0.15) is 4.98 Å². The Labute approximate surface area is 224 Å². The summed E-state index contributed by atoms with van der Waals surface area (Å²) >= 11 is 0. The Bertz CT molecular complexity index is 1270. The highest BCUT2D eigenvalue weighted by Crippen LogP contribution is 2.49. The van der Waals surface area contributed by atoms with Crippen molar-refractivity contribution in [2.45, 2.75) is 96.0 Å². The van der Waals surface area contributed by atoms with Crippen LogP contribution in [0.2, 0.25) is 22.2 Å². The number of fused-ring (bicyclic) bond motifs is 2. The van der Waals surface area contributed by atoms with Crippen molar-refractivity contribution in [2.75, 3.05) is 12.3 Å². The lowest BCUT2D eigenvalue weighted by Gasteiger charge is -2.51. The van der Waals surface area contributed by atoms with Gasteiger partial charge >= 0.3 is 23.1 Å². The molecule has 0 amide bonds. The number of nitrogens with zero attached hydrogens (tertiary/aromatic N) is 3. The molecule has 2 saturated heterocycles. The molecule has 2 aromatic rings. The quantitative estimate of drug-likeness (QED) is 0.348. The molecule has 12 nitrogen and oxygen atoms in total. The molecule has 4 rings (SSSR count). The zero-order chi connectivity index (χ0) is 28.2. The molecule has 0 unspecified atom stereocenters. The number of carboxylic acid groups (broad SMARTS) is 1. The Morgan fingerprint density at radius 1 is 1.13 bits per heavy atom. The first-order valence-corrected chi connectivity index (χ1v) is 17.0. The third-order valence-corrected chi connectivity index (χ3v) is 17.8. The fraction of sp³-hybridized carbons (Fsp3) is 0.667. The second kappa shape index (κ2) is 10.3. The van der Waals surface area contributed by atoms with Gasteiger partial charge in [0.1, 0.15) is 12.2 Å². The molecule has 4 heterocycles. The highest BCUT2D eigenvalue weighted by atomic mass is 28.5. The van der Waals surface area contributed by atoms with Crippen LogP contribution < -0.4 is 11.3 Å². The van der Waals surface area contributed by atoms with Crippen LogP contribution in [0.1, 0.15) is 61.6 Å². The van der Waals surface area contributed by atoms with Gasteiger partial charge in [0.25, 0.3) is 5.56 Å². The van der Waals surface area contributed by atoms with E-state index in [0.29, 0.717) is 5.57 Å². The first-order valence-electron chi connectivity index (χ1n) is 13.1. The molecule has 210 valence electrons. The van der Waals surface area contributed by atoms with Crippen LogP contribution in [0.3, 0.4) is 0 Å². The van der Waals surface area contributed by atoms with E-state index in [-0.39, 0.29) is 45.9 Å². The molecular weight excluding hydrogens is 526 g/mol. The Kier molecular flexibility index (Phi) is 7.77. The Balaban J connectivity index is 1.90. The third kappa shape index (κ3) is 4.66. The molecular formula is C24H39N5O7Si2. The minimum Gasteiger partial charge on any atom is -0.478 e. The number of aromatic amines is 1. The van der Waals surface area contributed by atoms with Gasteiger partial charge in [0.15, 0.2) is 17.4 Å². The number of nitrogen functional groups attached to an aromatic ring is 1. The number of nitrogens with two attached hydrogens (primary N) is 1. The maximum atomic E-state index is 12.4. The molecule has 2 aliphatic rings. The Hall–Kier alpha value is -2.37. The van der Waals surface area contributed by atoms with E-state index in [0.717, 1.165) is 6.08 Å². The first kappa shape index (κ1) is 28.6. The van der Waals surface area contributed by atoms with Gasteiger partial charge in [0.2, 0.25) is 5.95 Å². The zero-order valence-electron chi connectivity index (χ0n) is 23.2. The first-order chi connectivity index (χ1) is 17.7. The van der Waals surface area contributed by atoms with Crippen molar-refractivity contribution in [3.63, 3.8) is 0 Å². The number of carbonyl (C=O) groups is 1. The van der Waals surface area contributed by atoms with E-state index in [1.807, 2.05) is 0 Å². The molecule has 2 aliphatic heterocycles. The average molecular weight is 566 g/mol. The Morgan fingerprint density at radius 3 is 2.29 bits per heavy atom. The number of hydrogen-bond acceptors (Lipinski definition) is 9. The summed E-state index contributed by atoms with van der Waals surface area (Å²) in [7, 11) is -5.85. The topological polar surface area (TPSA) is 164 Å². The molecule has 0 bridgehead atoms. The maximum absolute atomic E-state index is 12.4. The summed E-state index contributed by atoms with van der Waals surface area (Å²) in [5.41, 5.74) is 6.33. The van der Waals surface area contributed by atoms with Crippen molar-refractivity contribution in [3.8, 4) is 0 Å². The van der Waals surface area contributed by atoms with Gasteiger partial charge < -0.3 is 28.5 Å². The summed E-state index contributed by atoms with van der Waals surface area (Å²) in [6.07, 6.45) is 0.215. The largest absolute Gasteiger partial charge is 0.478 e. The van der Waals surface area contributed by atoms with Crippen LogP contribution in [0, 0.1) is 0 Å². The van der Waals surface area contributed by atoms with Crippen LogP contribution in [-0.2, 0) is 22.5 Å². The predicted molar refractivity (Wildman–Crippen MR) is 146 cm³/mol. The second-order valence-corrected chi connectivity index (χ2v) is 20.1. The molecule has 0 aromatic carbocycles. The molecule has 0 spiro atoms.